The van der Waals surface area contributed by atoms with E-state index in [-0.39, 0.29) is 124 Å². The second-order valence-electron chi connectivity index (χ2n) is 19.1. The van der Waals surface area contributed by atoms with Crippen LogP contribution in [0.3, 0.4) is 0 Å². The SMILES string of the molecule is [2H]c1cc(N(c2cc(N(c3cc([2H])c([2H])c(Cl)c3[2H])c3c(-c4ccccc4)c([2H])c([2H])c4c3oc3c([2H])c(-c5ccccc5)c([2H])c([2H])c34)cc(C(C)(C)C)c2)c2c(-c3ccccc3)c([2H])c([2H])c3c2oc2c([2H])c(-c4ccccc4)c([2H])c([2H])c23)c([2H])c(Cl)c1[2H]. The van der Waals surface area contributed by atoms with Gasteiger partial charge < -0.3 is 18.6 Å². The number of rotatable bonds is 10. The van der Waals surface area contributed by atoms with Gasteiger partial charge in [-0.1, -0.05) is 202 Å². The van der Waals surface area contributed by atoms with Crippen LogP contribution >= 0.6 is 23.2 Å². The monoisotopic (exact) mass is 1040 g/mol. The van der Waals surface area contributed by atoms with Gasteiger partial charge in [-0.25, -0.2) is 0 Å². The van der Waals surface area contributed by atoms with E-state index < -0.39 is 88.0 Å². The van der Waals surface area contributed by atoms with Gasteiger partial charge in [-0.15, -0.1) is 0 Å². The minimum Gasteiger partial charge on any atom is -0.454 e. The van der Waals surface area contributed by atoms with Gasteiger partial charge in [0, 0.05) is 65.5 Å². The van der Waals surface area contributed by atoms with Gasteiger partial charge in [0.15, 0.2) is 11.2 Å². The predicted octanol–water partition coefficient (Wildman–Crippen LogP) is 21.7. The largest absolute Gasteiger partial charge is 0.454 e. The quantitative estimate of drug-likeness (QED) is 0.137. The van der Waals surface area contributed by atoms with Gasteiger partial charge in [0.2, 0.25) is 0 Å². The van der Waals surface area contributed by atoms with E-state index in [0.717, 1.165) is 0 Å². The van der Waals surface area contributed by atoms with E-state index in [1.807, 2.05) is 20.8 Å². The van der Waals surface area contributed by atoms with E-state index in [9.17, 15) is 19.2 Å². The zero-order chi connectivity index (χ0) is 65.4. The molecule has 0 fully saturated rings. The van der Waals surface area contributed by atoms with Gasteiger partial charge in [0.05, 0.1) is 33.3 Å². The van der Waals surface area contributed by atoms with Crippen LogP contribution < -0.4 is 9.80 Å². The molecule has 76 heavy (non-hydrogen) atoms. The Bertz CT molecular complexity index is 4940. The number of benzene rings is 11. The van der Waals surface area contributed by atoms with Crippen molar-refractivity contribution in [1.29, 1.82) is 0 Å². The van der Waals surface area contributed by atoms with Crippen molar-refractivity contribution in [2.24, 2.45) is 0 Å². The highest BCUT2D eigenvalue weighted by molar-refractivity contribution is 6.31. The van der Waals surface area contributed by atoms with Crippen molar-refractivity contribution < 1.29 is 30.8 Å². The van der Waals surface area contributed by atoms with Gasteiger partial charge in [0.25, 0.3) is 0 Å². The van der Waals surface area contributed by atoms with Gasteiger partial charge in [0.1, 0.15) is 11.2 Å². The fourth-order valence-electron chi connectivity index (χ4n) is 9.54. The van der Waals surface area contributed by atoms with E-state index in [2.05, 4.69) is 0 Å². The Morgan fingerprint density at radius 3 is 1.16 bits per heavy atom. The maximum atomic E-state index is 10.1. The highest BCUT2D eigenvalue weighted by Crippen LogP contribution is 2.53. The molecular weight excluding hydrogens is 972 g/mol. The Morgan fingerprint density at radius 1 is 0.382 bits per heavy atom. The molecule has 0 aliphatic heterocycles. The van der Waals surface area contributed by atoms with Crippen LogP contribution in [0.5, 0.6) is 0 Å². The van der Waals surface area contributed by atoms with Crippen LogP contribution in [-0.4, -0.2) is 0 Å². The predicted molar refractivity (Wildman–Crippen MR) is 321 cm³/mol. The summed E-state index contributed by atoms with van der Waals surface area (Å²) in [5, 5.41) is -1.39. The van der Waals surface area contributed by atoms with Crippen molar-refractivity contribution in [3.63, 3.8) is 0 Å². The molecule has 2 heterocycles. The van der Waals surface area contributed by atoms with Crippen molar-refractivity contribution in [3.8, 4) is 44.5 Å². The summed E-state index contributed by atoms with van der Waals surface area (Å²) in [6.45, 7) is 5.73. The Kier molecular flexibility index (Phi) is 8.19. The van der Waals surface area contributed by atoms with Gasteiger partial charge in [-0.3, -0.25) is 0 Å². The zero-order valence-corrected chi connectivity index (χ0v) is 42.4. The van der Waals surface area contributed by atoms with Crippen LogP contribution in [0.15, 0.2) is 257 Å². The topological polar surface area (TPSA) is 32.8 Å². The summed E-state index contributed by atoms with van der Waals surface area (Å²) < 4.78 is 168. The van der Waals surface area contributed by atoms with Crippen LogP contribution in [0, 0.1) is 0 Å². The molecule has 13 aromatic rings. The Morgan fingerprint density at radius 2 is 0.763 bits per heavy atom. The molecule has 0 aliphatic carbocycles. The standard InChI is InChI=1S/C70H50Cl2N2O2/c1-70(2,3)51-40-56(73(54-28-16-26-52(71)42-54)66-58(47-22-12-6-13-23-47)34-36-62-60-32-30-49(38-64(60)75-68(62)66)45-18-8-4-9-19-45)44-57(41-51)74(55-29-17-27-53(72)43-55)67-59(48-24-14-7-15-25-48)35-37-63-61-33-31-50(39-65(61)76-69(63)67)46-20-10-5-11-21-46/h4-44H,1-3H3/i16D,17D,26D,27D,30D,31D,32D,33D,34D,35D,36D,37D,38D,39D,42D,43D. The Labute approximate surface area is 474 Å². The third-order valence-electron chi connectivity index (χ3n) is 13.2. The molecule has 2 aromatic heterocycles. The summed E-state index contributed by atoms with van der Waals surface area (Å²) in [4.78, 5) is 2.96. The summed E-state index contributed by atoms with van der Waals surface area (Å²) in [6.07, 6.45) is 0. The number of hydrogen-bond donors (Lipinski definition) is 0. The molecule has 0 unspecified atom stereocenters. The molecule has 366 valence electrons. The molecule has 6 heteroatoms. The summed E-state index contributed by atoms with van der Waals surface area (Å²) in [7, 11) is 0. The molecule has 0 saturated carbocycles. The fourth-order valence-corrected chi connectivity index (χ4v) is 9.84. The number of hydrogen-bond acceptors (Lipinski definition) is 4. The maximum absolute atomic E-state index is 10.1. The Hall–Kier alpha value is -8.80. The van der Waals surface area contributed by atoms with Crippen molar-refractivity contribution in [1.82, 2.24) is 0 Å². The lowest BCUT2D eigenvalue weighted by Crippen LogP contribution is -2.18. The van der Waals surface area contributed by atoms with Crippen molar-refractivity contribution >= 4 is 101 Å². The molecule has 0 radical (unpaired) electrons. The first-order valence-corrected chi connectivity index (χ1v) is 25.1. The van der Waals surface area contributed by atoms with Crippen LogP contribution in [0.1, 0.15) is 48.3 Å². The zero-order valence-electron chi connectivity index (χ0n) is 56.9. The van der Waals surface area contributed by atoms with E-state index in [4.69, 9.17) is 34.8 Å². The highest BCUT2D eigenvalue weighted by atomic mass is 35.5. The molecule has 0 atom stereocenters. The van der Waals surface area contributed by atoms with Crippen LogP contribution in [-0.2, 0) is 5.41 Å². The van der Waals surface area contributed by atoms with Crippen molar-refractivity contribution in [2.75, 3.05) is 9.80 Å². The summed E-state index contributed by atoms with van der Waals surface area (Å²) in [6, 6.07) is 35.4. The van der Waals surface area contributed by atoms with Crippen LogP contribution in [0.4, 0.5) is 34.1 Å². The molecule has 0 spiro atoms. The second-order valence-corrected chi connectivity index (χ2v) is 19.8. The fraction of sp³-hybridized carbons (Fsp3) is 0.0571. The number of furan rings is 2. The lowest BCUT2D eigenvalue weighted by molar-refractivity contribution is 0.590. The first-order valence-electron chi connectivity index (χ1n) is 32.3. The number of fused-ring (bicyclic) bond motifs is 6. The lowest BCUT2D eigenvalue weighted by Gasteiger charge is -2.33. The van der Waals surface area contributed by atoms with E-state index in [0.29, 0.717) is 27.8 Å². The summed E-state index contributed by atoms with van der Waals surface area (Å²) in [5.74, 6) is 0. The Balaban J connectivity index is 1.25. The molecule has 0 N–H and O–H groups in total. The molecule has 13 rings (SSSR count). The number of nitrogens with zero attached hydrogens (tertiary/aromatic N) is 2. The maximum Gasteiger partial charge on any atom is 0.160 e. The minimum atomic E-state index is -0.884. The van der Waals surface area contributed by atoms with Gasteiger partial charge in [-0.05, 0) is 135 Å². The average Bonchev–Trinajstić information content (AvgIpc) is 1.48. The number of anilines is 6. The molecule has 0 saturated heterocycles. The van der Waals surface area contributed by atoms with Crippen LogP contribution in [0.25, 0.3) is 88.4 Å². The smallest absolute Gasteiger partial charge is 0.160 e. The first-order chi connectivity index (χ1) is 43.8. The normalized spacial score (nSPS) is 14.7. The minimum absolute atomic E-state index is 0.0255. The van der Waals surface area contributed by atoms with E-state index in [1.165, 1.54) is 21.9 Å². The average molecular weight is 1040 g/mol. The highest BCUT2D eigenvalue weighted by Gasteiger charge is 2.30. The molecule has 0 amide bonds. The summed E-state index contributed by atoms with van der Waals surface area (Å²) >= 11 is 13.9. The lowest BCUT2D eigenvalue weighted by atomic mass is 9.86. The molecule has 0 aliphatic rings. The van der Waals surface area contributed by atoms with Gasteiger partial charge in [-0.2, -0.15) is 0 Å². The van der Waals surface area contributed by atoms with Crippen LogP contribution in [0.2, 0.25) is 10.0 Å². The molecule has 4 nitrogen and oxygen atoms in total. The van der Waals surface area contributed by atoms with E-state index in [1.54, 1.807) is 140 Å². The van der Waals surface area contributed by atoms with Crippen molar-refractivity contribution in [2.45, 2.75) is 26.2 Å². The third-order valence-corrected chi connectivity index (χ3v) is 13.5. The first kappa shape index (κ1) is 32.5. The summed E-state index contributed by atoms with van der Waals surface area (Å²) in [5.41, 5.74) is 0.302. The molecular formula is C70H50Cl2N2O2. The van der Waals surface area contributed by atoms with E-state index >= 15 is 0 Å². The molecule has 0 bridgehead atoms. The number of halogens is 2. The van der Waals surface area contributed by atoms with Gasteiger partial charge >= 0.3 is 0 Å². The molecule has 11 aromatic carbocycles. The third kappa shape index (κ3) is 8.56. The second kappa shape index (κ2) is 19.2. The van der Waals surface area contributed by atoms with Crippen molar-refractivity contribution in [3.05, 3.63) is 264 Å².